The van der Waals surface area contributed by atoms with Crippen LogP contribution in [0.4, 0.5) is 0 Å². The maximum atomic E-state index is 11.7. The Morgan fingerprint density at radius 3 is 2.33 bits per heavy atom. The number of hydrogen-bond acceptors (Lipinski definition) is 4. The van der Waals surface area contributed by atoms with E-state index < -0.39 is 21.2 Å². The van der Waals surface area contributed by atoms with Gasteiger partial charge in [0.05, 0.1) is 0 Å². The van der Waals surface area contributed by atoms with Crippen molar-refractivity contribution in [2.24, 2.45) is 5.73 Å². The Morgan fingerprint density at radius 2 is 1.93 bits per heavy atom. The lowest BCUT2D eigenvalue weighted by Crippen LogP contribution is -2.47. The lowest BCUT2D eigenvalue weighted by atomic mass is 10.1. The van der Waals surface area contributed by atoms with Gasteiger partial charge in [0, 0.05) is 19.1 Å². The van der Waals surface area contributed by atoms with Gasteiger partial charge < -0.3 is 10.8 Å². The van der Waals surface area contributed by atoms with E-state index in [1.807, 2.05) is 0 Å². The number of carboxylic acids is 1. The molecule has 0 aromatic carbocycles. The van der Waals surface area contributed by atoms with Crippen molar-refractivity contribution < 1.29 is 18.3 Å². The first kappa shape index (κ1) is 12.4. The Kier molecular flexibility index (Phi) is 3.69. The smallest absolute Gasteiger partial charge is 0.323 e. The van der Waals surface area contributed by atoms with Crippen LogP contribution in [0.5, 0.6) is 0 Å². The standard InChI is InChI=1S/C8H16N2O4S/c1-6(8(11)12)15(13,14)10-4-2-7(9)3-5-10/h6-7H,2-5,9H2,1H3,(H,11,12). The molecule has 0 aliphatic carbocycles. The van der Waals surface area contributed by atoms with Gasteiger partial charge in [0.1, 0.15) is 0 Å². The molecule has 0 bridgehead atoms. The van der Waals surface area contributed by atoms with Crippen LogP contribution in [-0.2, 0) is 14.8 Å². The molecule has 88 valence electrons. The van der Waals surface area contributed by atoms with E-state index in [2.05, 4.69) is 0 Å². The third-order valence-electron chi connectivity index (χ3n) is 2.65. The number of rotatable bonds is 3. The first-order valence-corrected chi connectivity index (χ1v) is 6.33. The van der Waals surface area contributed by atoms with Gasteiger partial charge in [0.25, 0.3) is 0 Å². The normalized spacial score (nSPS) is 22.5. The van der Waals surface area contributed by atoms with E-state index in [1.54, 1.807) is 0 Å². The number of hydrogen-bond donors (Lipinski definition) is 2. The predicted octanol–water partition coefficient (Wildman–Crippen LogP) is -0.788. The van der Waals surface area contributed by atoms with E-state index in [0.717, 1.165) is 0 Å². The Hall–Kier alpha value is -0.660. The van der Waals surface area contributed by atoms with E-state index in [0.29, 0.717) is 25.9 Å². The van der Waals surface area contributed by atoms with E-state index in [1.165, 1.54) is 11.2 Å². The molecule has 6 nitrogen and oxygen atoms in total. The van der Waals surface area contributed by atoms with Crippen LogP contribution in [0.3, 0.4) is 0 Å². The molecule has 0 saturated carbocycles. The molecule has 1 aliphatic heterocycles. The molecular weight excluding hydrogens is 220 g/mol. The SMILES string of the molecule is CC(C(=O)O)S(=O)(=O)N1CCC(N)CC1. The van der Waals surface area contributed by atoms with E-state index in [-0.39, 0.29) is 6.04 Å². The summed E-state index contributed by atoms with van der Waals surface area (Å²) < 4.78 is 24.7. The summed E-state index contributed by atoms with van der Waals surface area (Å²) in [7, 11) is -3.71. The molecule has 0 radical (unpaired) electrons. The summed E-state index contributed by atoms with van der Waals surface area (Å²) in [5.41, 5.74) is 5.64. The number of aliphatic carboxylic acids is 1. The van der Waals surface area contributed by atoms with Crippen molar-refractivity contribution in [1.82, 2.24) is 4.31 Å². The average Bonchev–Trinajstić information content (AvgIpc) is 2.17. The molecule has 0 amide bonds. The number of sulfonamides is 1. The summed E-state index contributed by atoms with van der Waals surface area (Å²) in [6.45, 7) is 1.83. The molecule has 0 aromatic heterocycles. The molecule has 7 heteroatoms. The summed E-state index contributed by atoms with van der Waals surface area (Å²) in [5.74, 6) is -1.31. The van der Waals surface area contributed by atoms with Crippen LogP contribution in [0.15, 0.2) is 0 Å². The van der Waals surface area contributed by atoms with E-state index in [4.69, 9.17) is 10.8 Å². The molecule has 0 spiro atoms. The molecule has 1 atom stereocenters. The average molecular weight is 236 g/mol. The Bertz CT molecular complexity index is 333. The molecule has 15 heavy (non-hydrogen) atoms. The van der Waals surface area contributed by atoms with Gasteiger partial charge in [0.2, 0.25) is 10.0 Å². The van der Waals surface area contributed by atoms with Crippen LogP contribution in [-0.4, -0.2) is 48.2 Å². The molecule has 1 unspecified atom stereocenters. The Labute approximate surface area is 89.1 Å². The molecule has 1 aliphatic rings. The fraction of sp³-hybridized carbons (Fsp3) is 0.875. The van der Waals surface area contributed by atoms with Gasteiger partial charge in [-0.1, -0.05) is 0 Å². The van der Waals surface area contributed by atoms with Gasteiger partial charge in [-0.25, -0.2) is 12.7 Å². The molecule has 0 aromatic rings. The lowest BCUT2D eigenvalue weighted by molar-refractivity contribution is -0.136. The van der Waals surface area contributed by atoms with Crippen molar-refractivity contribution in [3.63, 3.8) is 0 Å². The zero-order chi connectivity index (χ0) is 11.6. The first-order valence-electron chi connectivity index (χ1n) is 4.83. The number of nitrogens with two attached hydrogens (primary N) is 1. The summed E-state index contributed by atoms with van der Waals surface area (Å²) >= 11 is 0. The highest BCUT2D eigenvalue weighted by molar-refractivity contribution is 7.90. The highest BCUT2D eigenvalue weighted by Gasteiger charge is 2.35. The monoisotopic (exact) mass is 236 g/mol. The second kappa shape index (κ2) is 4.46. The van der Waals surface area contributed by atoms with Gasteiger partial charge in [-0.15, -0.1) is 0 Å². The van der Waals surface area contributed by atoms with Gasteiger partial charge >= 0.3 is 5.97 Å². The number of carbonyl (C=O) groups is 1. The minimum atomic E-state index is -3.71. The van der Waals surface area contributed by atoms with Crippen LogP contribution in [0.25, 0.3) is 0 Å². The predicted molar refractivity (Wildman–Crippen MR) is 54.8 cm³/mol. The zero-order valence-electron chi connectivity index (χ0n) is 8.59. The summed E-state index contributed by atoms with van der Waals surface area (Å²) in [6.07, 6.45) is 1.18. The Morgan fingerprint density at radius 1 is 1.47 bits per heavy atom. The third-order valence-corrected chi connectivity index (χ3v) is 4.83. The second-order valence-electron chi connectivity index (χ2n) is 3.76. The minimum Gasteiger partial charge on any atom is -0.480 e. The first-order chi connectivity index (χ1) is 6.85. The largest absolute Gasteiger partial charge is 0.480 e. The molecule has 1 rings (SSSR count). The summed E-state index contributed by atoms with van der Waals surface area (Å²) in [6, 6.07) is 0.0246. The highest BCUT2D eigenvalue weighted by Crippen LogP contribution is 2.16. The minimum absolute atomic E-state index is 0.0246. The Balaban J connectivity index is 2.74. The third kappa shape index (κ3) is 2.67. The number of carboxylic acid groups (broad SMARTS) is 1. The van der Waals surface area contributed by atoms with Crippen molar-refractivity contribution in [2.45, 2.75) is 31.1 Å². The van der Waals surface area contributed by atoms with Crippen LogP contribution in [0, 0.1) is 0 Å². The van der Waals surface area contributed by atoms with Crippen molar-refractivity contribution in [1.29, 1.82) is 0 Å². The lowest BCUT2D eigenvalue weighted by Gasteiger charge is -2.30. The van der Waals surface area contributed by atoms with Gasteiger partial charge in [-0.2, -0.15) is 0 Å². The van der Waals surface area contributed by atoms with Crippen LogP contribution < -0.4 is 5.73 Å². The summed E-state index contributed by atoms with van der Waals surface area (Å²) in [5, 5.41) is 7.29. The fourth-order valence-corrected chi connectivity index (χ4v) is 2.90. The maximum Gasteiger partial charge on any atom is 0.323 e. The van der Waals surface area contributed by atoms with E-state index >= 15 is 0 Å². The van der Waals surface area contributed by atoms with Crippen LogP contribution in [0.1, 0.15) is 19.8 Å². The molecular formula is C8H16N2O4S. The van der Waals surface area contributed by atoms with Gasteiger partial charge in [-0.05, 0) is 19.8 Å². The van der Waals surface area contributed by atoms with Gasteiger partial charge in [-0.3, -0.25) is 4.79 Å². The summed E-state index contributed by atoms with van der Waals surface area (Å²) in [4.78, 5) is 10.6. The number of piperidine rings is 1. The number of nitrogens with zero attached hydrogens (tertiary/aromatic N) is 1. The van der Waals surface area contributed by atoms with E-state index in [9.17, 15) is 13.2 Å². The van der Waals surface area contributed by atoms with Crippen molar-refractivity contribution >= 4 is 16.0 Å². The van der Waals surface area contributed by atoms with Crippen molar-refractivity contribution in [3.8, 4) is 0 Å². The van der Waals surface area contributed by atoms with Crippen molar-refractivity contribution in [2.75, 3.05) is 13.1 Å². The molecule has 1 heterocycles. The molecule has 1 fully saturated rings. The fourth-order valence-electron chi connectivity index (χ4n) is 1.48. The maximum absolute atomic E-state index is 11.7. The molecule has 3 N–H and O–H groups in total. The topological polar surface area (TPSA) is 101 Å². The van der Waals surface area contributed by atoms with Crippen LogP contribution in [0.2, 0.25) is 0 Å². The van der Waals surface area contributed by atoms with Crippen LogP contribution >= 0.6 is 0 Å². The van der Waals surface area contributed by atoms with Crippen molar-refractivity contribution in [3.05, 3.63) is 0 Å². The highest BCUT2D eigenvalue weighted by atomic mass is 32.2. The van der Waals surface area contributed by atoms with Gasteiger partial charge in [0.15, 0.2) is 5.25 Å². The molecule has 1 saturated heterocycles. The second-order valence-corrected chi connectivity index (χ2v) is 6.02. The quantitative estimate of drug-likeness (QED) is 0.669. The zero-order valence-corrected chi connectivity index (χ0v) is 9.40.